The molecule has 1 aliphatic heterocycles. The Balaban J connectivity index is 0.000000559. The Kier molecular flexibility index (Phi) is 11.2. The van der Waals surface area contributed by atoms with Gasteiger partial charge in [0, 0.05) is 17.6 Å². The normalized spacial score (nSPS) is 14.4. The molecule has 0 aliphatic carbocycles. The molecule has 0 aromatic heterocycles. The molecule has 0 atom stereocenters. The van der Waals surface area contributed by atoms with Crippen LogP contribution in [0.5, 0.6) is 5.75 Å². The van der Waals surface area contributed by atoms with Crippen molar-refractivity contribution in [1.29, 1.82) is 0 Å². The highest BCUT2D eigenvalue weighted by Crippen LogP contribution is 2.40. The average Bonchev–Trinajstić information content (AvgIpc) is 2.99. The van der Waals surface area contributed by atoms with Crippen LogP contribution in [0.1, 0.15) is 54.2 Å². The standard InChI is InChI=1S/C25H18ClF4N3O4.C9H14/c1-11-3-4-12(5-15(11)24(36)37)16-8-14(26)9-19(23(16)35)32-31-18-10-21(34)33(2)20-7-13(25(28,29)30)6-17(27)22(18)20;1-5-7-9(4)8(3)6-2/h3-9,32,35H,10H2,1-2H3,(H,36,37);5-7H,1H2,2-4H3/b31-18+;8-6-,9-7-. The summed E-state index contributed by atoms with van der Waals surface area (Å²) in [5, 5.41) is 24.4. The Bertz CT molecular complexity index is 1800. The van der Waals surface area contributed by atoms with E-state index in [1.165, 1.54) is 36.4 Å². The summed E-state index contributed by atoms with van der Waals surface area (Å²) in [4.78, 5) is 24.8. The summed E-state index contributed by atoms with van der Waals surface area (Å²) in [6.07, 6.45) is 0.659. The van der Waals surface area contributed by atoms with Crippen molar-refractivity contribution in [1.82, 2.24) is 0 Å². The number of aryl methyl sites for hydroxylation is 1. The van der Waals surface area contributed by atoms with E-state index in [0.717, 1.165) is 4.90 Å². The second-order valence-corrected chi connectivity index (χ2v) is 10.8. The molecule has 4 rings (SSSR count). The van der Waals surface area contributed by atoms with Gasteiger partial charge in [0.25, 0.3) is 0 Å². The number of benzene rings is 3. The van der Waals surface area contributed by atoms with Crippen molar-refractivity contribution >= 4 is 40.6 Å². The van der Waals surface area contributed by atoms with Crippen LogP contribution in [0.4, 0.5) is 28.9 Å². The van der Waals surface area contributed by atoms with E-state index in [4.69, 9.17) is 11.6 Å². The molecule has 0 unspecified atom stereocenters. The molecular weight excluding hydrogens is 626 g/mol. The van der Waals surface area contributed by atoms with E-state index in [9.17, 15) is 37.4 Å². The number of phenolic OH excluding ortho intramolecular Hbond substituents is 1. The molecule has 12 heteroatoms. The van der Waals surface area contributed by atoms with Gasteiger partial charge in [0.2, 0.25) is 5.91 Å². The van der Waals surface area contributed by atoms with Crippen LogP contribution in [0, 0.1) is 12.7 Å². The van der Waals surface area contributed by atoms with Crippen molar-refractivity contribution in [2.24, 2.45) is 5.10 Å². The number of carboxylic acid groups (broad SMARTS) is 1. The highest BCUT2D eigenvalue weighted by Gasteiger charge is 2.36. The molecular formula is C34H32ClF4N3O4. The number of amides is 1. The van der Waals surface area contributed by atoms with Crippen molar-refractivity contribution in [3.8, 4) is 16.9 Å². The largest absolute Gasteiger partial charge is 0.505 e. The van der Waals surface area contributed by atoms with Crippen LogP contribution in [0.25, 0.3) is 11.1 Å². The first-order valence-electron chi connectivity index (χ1n) is 13.8. The Morgan fingerprint density at radius 1 is 1.13 bits per heavy atom. The number of carboxylic acids is 1. The minimum absolute atomic E-state index is 0.0155. The molecule has 3 aromatic rings. The predicted octanol–water partition coefficient (Wildman–Crippen LogP) is 9.14. The van der Waals surface area contributed by atoms with E-state index in [2.05, 4.69) is 37.0 Å². The number of hydrazone groups is 1. The molecule has 1 amide bonds. The molecule has 242 valence electrons. The smallest absolute Gasteiger partial charge is 0.416 e. The van der Waals surface area contributed by atoms with Crippen molar-refractivity contribution in [3.63, 3.8) is 0 Å². The van der Waals surface area contributed by atoms with Gasteiger partial charge in [-0.25, -0.2) is 9.18 Å². The lowest BCUT2D eigenvalue weighted by Gasteiger charge is -2.28. The molecule has 0 radical (unpaired) electrons. The number of fused-ring (bicyclic) bond motifs is 1. The monoisotopic (exact) mass is 657 g/mol. The zero-order valence-electron chi connectivity index (χ0n) is 25.7. The number of phenols is 1. The molecule has 46 heavy (non-hydrogen) atoms. The Morgan fingerprint density at radius 2 is 1.80 bits per heavy atom. The van der Waals surface area contributed by atoms with Gasteiger partial charge >= 0.3 is 12.1 Å². The summed E-state index contributed by atoms with van der Waals surface area (Å²) < 4.78 is 54.4. The third-order valence-electron chi connectivity index (χ3n) is 7.33. The molecule has 0 saturated heterocycles. The van der Waals surface area contributed by atoms with E-state index in [1.54, 1.807) is 19.1 Å². The topological polar surface area (TPSA) is 102 Å². The van der Waals surface area contributed by atoms with Gasteiger partial charge in [-0.05, 0) is 74.7 Å². The van der Waals surface area contributed by atoms with E-state index in [0.29, 0.717) is 23.3 Å². The number of nitrogens with one attached hydrogen (secondary N) is 1. The molecule has 0 fully saturated rings. The lowest BCUT2D eigenvalue weighted by Crippen LogP contribution is -2.36. The Labute approximate surface area is 268 Å². The summed E-state index contributed by atoms with van der Waals surface area (Å²) in [6, 6.07) is 8.18. The third kappa shape index (κ3) is 8.02. The molecule has 0 spiro atoms. The van der Waals surface area contributed by atoms with Gasteiger partial charge in [-0.1, -0.05) is 54.1 Å². The first-order chi connectivity index (χ1) is 21.5. The van der Waals surface area contributed by atoms with Gasteiger partial charge in [0.05, 0.1) is 34.5 Å². The van der Waals surface area contributed by atoms with Crippen LogP contribution >= 0.6 is 11.6 Å². The number of nitrogens with zero attached hydrogens (tertiary/aromatic N) is 2. The molecule has 0 saturated carbocycles. The van der Waals surface area contributed by atoms with Crippen molar-refractivity contribution < 1.29 is 37.4 Å². The lowest BCUT2D eigenvalue weighted by atomic mass is 9.96. The first kappa shape index (κ1) is 35.6. The van der Waals surface area contributed by atoms with E-state index in [1.807, 2.05) is 19.1 Å². The fourth-order valence-corrected chi connectivity index (χ4v) is 4.69. The maximum absolute atomic E-state index is 14.8. The fraction of sp³-hybridized carbons (Fsp3) is 0.206. The Morgan fingerprint density at radius 3 is 2.39 bits per heavy atom. The maximum Gasteiger partial charge on any atom is 0.416 e. The summed E-state index contributed by atoms with van der Waals surface area (Å²) in [6.45, 7) is 11.4. The number of allylic oxidation sites excluding steroid dienone is 5. The molecule has 1 aliphatic rings. The summed E-state index contributed by atoms with van der Waals surface area (Å²) in [5.74, 6) is -3.38. The average molecular weight is 658 g/mol. The SMILES string of the molecule is C=C/C=C(C)\C(C)=C/C.Cc1ccc(-c2cc(Cl)cc(N/N=C3\CC(=O)N(C)c4cc(C(F)(F)F)cc(F)c43)c2O)cc1C(=O)O. The lowest BCUT2D eigenvalue weighted by molar-refractivity contribution is -0.137. The third-order valence-corrected chi connectivity index (χ3v) is 7.55. The zero-order chi connectivity index (χ0) is 34.5. The van der Waals surface area contributed by atoms with Gasteiger partial charge in [-0.15, -0.1) is 0 Å². The second-order valence-electron chi connectivity index (χ2n) is 10.4. The van der Waals surface area contributed by atoms with Gasteiger partial charge in [0.15, 0.2) is 0 Å². The summed E-state index contributed by atoms with van der Waals surface area (Å²) in [7, 11) is 1.23. The van der Waals surface area contributed by atoms with Crippen molar-refractivity contribution in [2.45, 2.75) is 40.3 Å². The van der Waals surface area contributed by atoms with Gasteiger partial charge < -0.3 is 15.1 Å². The van der Waals surface area contributed by atoms with Crippen molar-refractivity contribution in [3.05, 3.63) is 112 Å². The van der Waals surface area contributed by atoms with E-state index >= 15 is 0 Å². The minimum Gasteiger partial charge on any atom is -0.505 e. The number of aromatic carboxylic acids is 1. The number of anilines is 2. The number of aromatic hydroxyl groups is 1. The van der Waals surface area contributed by atoms with Crippen LogP contribution in [-0.4, -0.2) is 34.8 Å². The number of hydrogen-bond donors (Lipinski definition) is 3. The van der Waals surface area contributed by atoms with Gasteiger partial charge in [0.1, 0.15) is 17.3 Å². The van der Waals surface area contributed by atoms with Crippen molar-refractivity contribution in [2.75, 3.05) is 17.4 Å². The Hall–Kier alpha value is -4.90. The van der Waals surface area contributed by atoms with E-state index < -0.39 is 35.9 Å². The van der Waals surface area contributed by atoms with Crippen LogP contribution < -0.4 is 10.3 Å². The molecule has 3 N–H and O–H groups in total. The maximum atomic E-state index is 14.8. The first-order valence-corrected chi connectivity index (χ1v) is 14.2. The predicted molar refractivity (Wildman–Crippen MR) is 173 cm³/mol. The number of carbonyl (C=O) groups excluding carboxylic acids is 1. The van der Waals surface area contributed by atoms with Gasteiger partial charge in [-0.2, -0.15) is 18.3 Å². The highest BCUT2D eigenvalue weighted by molar-refractivity contribution is 6.31. The number of alkyl halides is 3. The van der Waals surface area contributed by atoms with Crippen LogP contribution in [0.15, 0.2) is 83.5 Å². The quantitative estimate of drug-likeness (QED) is 0.106. The van der Waals surface area contributed by atoms with Crippen LogP contribution in [-0.2, 0) is 11.0 Å². The number of halogens is 5. The summed E-state index contributed by atoms with van der Waals surface area (Å²) >= 11 is 6.19. The second kappa shape index (κ2) is 14.5. The zero-order valence-corrected chi connectivity index (χ0v) is 26.4. The fourth-order valence-electron chi connectivity index (χ4n) is 4.47. The molecule has 0 bridgehead atoms. The minimum atomic E-state index is -4.83. The number of rotatable bonds is 6. The molecule has 1 heterocycles. The molecule has 3 aromatic carbocycles. The molecule has 7 nitrogen and oxygen atoms in total. The van der Waals surface area contributed by atoms with Gasteiger partial charge in [-0.3, -0.25) is 10.2 Å². The van der Waals surface area contributed by atoms with Crippen LogP contribution in [0.2, 0.25) is 5.02 Å². The van der Waals surface area contributed by atoms with Crippen LogP contribution in [0.3, 0.4) is 0 Å². The summed E-state index contributed by atoms with van der Waals surface area (Å²) in [5.41, 5.74) is 4.02. The number of carbonyl (C=O) groups is 2. The van der Waals surface area contributed by atoms with E-state index in [-0.39, 0.29) is 44.5 Å². The highest BCUT2D eigenvalue weighted by atomic mass is 35.5. The number of hydrogen-bond acceptors (Lipinski definition) is 5.